The number of furan rings is 1. The lowest BCUT2D eigenvalue weighted by atomic mass is 9.87. The molecule has 9 heteroatoms. The van der Waals surface area contributed by atoms with Crippen LogP contribution in [0, 0.1) is 5.82 Å². The van der Waals surface area contributed by atoms with Gasteiger partial charge in [-0.1, -0.05) is 25.1 Å². The molecule has 0 aliphatic carbocycles. The number of halogens is 1. The Morgan fingerprint density at radius 1 is 1.21 bits per heavy atom. The second-order valence-electron chi connectivity index (χ2n) is 9.16. The van der Waals surface area contributed by atoms with Gasteiger partial charge in [-0.05, 0) is 59.5 Å². The average molecular weight is 534 g/mol. The van der Waals surface area contributed by atoms with Gasteiger partial charge in [0.05, 0.1) is 18.8 Å². The molecule has 3 heterocycles. The number of thiazole rings is 1. The number of hydrogen-bond acceptors (Lipinski definition) is 6. The standard InChI is InChI=1S/C29H28FN3O4S/c1-3-27(34)33-13-12-19-8-11-22(15-24(19)28(33)20-6-9-21(30)10-7-20)37-17-26-31-25(18-38-26)29(35)32(2)16-23-5-4-14-36-23/h4-11,14-15,18,28H,3,12-13,16-17H2,1-2H3/t28-/m0/s1. The van der Waals surface area contributed by atoms with Gasteiger partial charge in [0, 0.05) is 25.4 Å². The molecule has 0 fully saturated rings. The van der Waals surface area contributed by atoms with Crippen LogP contribution in [0.25, 0.3) is 0 Å². The fourth-order valence-corrected chi connectivity index (χ4v) is 5.36. The minimum absolute atomic E-state index is 0.0493. The van der Waals surface area contributed by atoms with E-state index in [1.165, 1.54) is 23.5 Å². The zero-order valence-corrected chi connectivity index (χ0v) is 22.0. The van der Waals surface area contributed by atoms with E-state index in [1.54, 1.807) is 41.8 Å². The first kappa shape index (κ1) is 25.7. The highest BCUT2D eigenvalue weighted by atomic mass is 32.1. The van der Waals surface area contributed by atoms with Crippen molar-refractivity contribution >= 4 is 23.2 Å². The molecule has 0 saturated carbocycles. The Morgan fingerprint density at radius 3 is 2.76 bits per heavy atom. The van der Waals surface area contributed by atoms with Crippen LogP contribution in [-0.4, -0.2) is 40.2 Å². The Hall–Kier alpha value is -3.98. The minimum atomic E-state index is -0.316. The number of fused-ring (bicyclic) bond motifs is 1. The number of rotatable bonds is 8. The van der Waals surface area contributed by atoms with Crippen LogP contribution in [0.2, 0.25) is 0 Å². The molecular formula is C29H28FN3O4S. The number of ether oxygens (including phenoxy) is 1. The maximum absolute atomic E-state index is 13.6. The van der Waals surface area contributed by atoms with Gasteiger partial charge in [0.15, 0.2) is 0 Å². The third kappa shape index (κ3) is 5.47. The average Bonchev–Trinajstić information content (AvgIpc) is 3.63. The number of benzene rings is 2. The van der Waals surface area contributed by atoms with Crippen molar-refractivity contribution in [3.8, 4) is 5.75 Å². The van der Waals surface area contributed by atoms with Crippen LogP contribution < -0.4 is 4.74 Å². The lowest BCUT2D eigenvalue weighted by molar-refractivity contribution is -0.132. The summed E-state index contributed by atoms with van der Waals surface area (Å²) in [7, 11) is 1.71. The Morgan fingerprint density at radius 2 is 2.03 bits per heavy atom. The molecule has 0 bridgehead atoms. The monoisotopic (exact) mass is 533 g/mol. The molecule has 0 radical (unpaired) electrons. The highest BCUT2D eigenvalue weighted by molar-refractivity contribution is 7.09. The van der Waals surface area contributed by atoms with Crippen LogP contribution in [0.3, 0.4) is 0 Å². The number of carbonyl (C=O) groups excluding carboxylic acids is 2. The van der Waals surface area contributed by atoms with Crippen molar-refractivity contribution < 1.29 is 23.1 Å². The predicted octanol–water partition coefficient (Wildman–Crippen LogP) is 5.61. The van der Waals surface area contributed by atoms with Gasteiger partial charge in [-0.25, -0.2) is 9.37 Å². The van der Waals surface area contributed by atoms with E-state index in [1.807, 2.05) is 36.1 Å². The summed E-state index contributed by atoms with van der Waals surface area (Å²) in [6.45, 7) is 3.02. The van der Waals surface area contributed by atoms with Crippen molar-refractivity contribution in [2.24, 2.45) is 0 Å². The molecule has 4 aromatic rings. The van der Waals surface area contributed by atoms with E-state index in [0.717, 1.165) is 23.1 Å². The highest BCUT2D eigenvalue weighted by Crippen LogP contribution is 2.37. The highest BCUT2D eigenvalue weighted by Gasteiger charge is 2.31. The minimum Gasteiger partial charge on any atom is -0.486 e. The summed E-state index contributed by atoms with van der Waals surface area (Å²) in [5, 5.41) is 2.40. The van der Waals surface area contributed by atoms with E-state index >= 15 is 0 Å². The van der Waals surface area contributed by atoms with Crippen LogP contribution in [0.15, 0.2) is 70.7 Å². The summed E-state index contributed by atoms with van der Waals surface area (Å²) < 4.78 is 25.0. The van der Waals surface area contributed by atoms with Crippen LogP contribution >= 0.6 is 11.3 Å². The molecule has 0 saturated heterocycles. The first-order valence-electron chi connectivity index (χ1n) is 12.5. The van der Waals surface area contributed by atoms with Gasteiger partial charge in [-0.2, -0.15) is 0 Å². The van der Waals surface area contributed by atoms with Gasteiger partial charge in [0.2, 0.25) is 5.91 Å². The SMILES string of the molecule is CCC(=O)N1CCc2ccc(OCc3nc(C(=O)N(C)Cc4ccco4)cs3)cc2[C@@H]1c1ccc(F)cc1. The first-order chi connectivity index (χ1) is 18.4. The number of hydrogen-bond donors (Lipinski definition) is 0. The molecule has 0 unspecified atom stereocenters. The van der Waals surface area contributed by atoms with Gasteiger partial charge in [-0.15, -0.1) is 11.3 Å². The van der Waals surface area contributed by atoms with Gasteiger partial charge in [0.25, 0.3) is 5.91 Å². The summed E-state index contributed by atoms with van der Waals surface area (Å²) >= 11 is 1.36. The molecule has 2 aromatic heterocycles. The van der Waals surface area contributed by atoms with E-state index in [-0.39, 0.29) is 30.3 Å². The van der Waals surface area contributed by atoms with E-state index < -0.39 is 0 Å². The second kappa shape index (κ2) is 11.2. The van der Waals surface area contributed by atoms with Gasteiger partial charge in [0.1, 0.15) is 34.6 Å². The molecule has 5 rings (SSSR count). The Kier molecular flexibility index (Phi) is 7.55. The molecule has 1 atom stereocenters. The Balaban J connectivity index is 1.32. The quantitative estimate of drug-likeness (QED) is 0.294. The number of amides is 2. The molecule has 2 amide bonds. The van der Waals surface area contributed by atoms with Gasteiger partial charge < -0.3 is 19.0 Å². The third-order valence-corrected chi connectivity index (χ3v) is 7.43. The van der Waals surface area contributed by atoms with E-state index in [0.29, 0.717) is 41.7 Å². The van der Waals surface area contributed by atoms with Crippen molar-refractivity contribution in [3.05, 3.63) is 105 Å². The maximum atomic E-state index is 13.6. The summed E-state index contributed by atoms with van der Waals surface area (Å²) in [6.07, 6.45) is 2.71. The second-order valence-corrected chi connectivity index (χ2v) is 10.1. The van der Waals surface area contributed by atoms with Crippen molar-refractivity contribution in [2.75, 3.05) is 13.6 Å². The van der Waals surface area contributed by atoms with E-state index in [2.05, 4.69) is 4.98 Å². The van der Waals surface area contributed by atoms with Crippen LogP contribution in [0.5, 0.6) is 5.75 Å². The third-order valence-electron chi connectivity index (χ3n) is 6.61. The smallest absolute Gasteiger partial charge is 0.273 e. The fraction of sp³-hybridized carbons (Fsp3) is 0.276. The summed E-state index contributed by atoms with van der Waals surface area (Å²) in [6, 6.07) is 15.5. The zero-order valence-electron chi connectivity index (χ0n) is 21.2. The number of carbonyl (C=O) groups is 2. The molecule has 0 spiro atoms. The molecular weight excluding hydrogens is 505 g/mol. The molecule has 196 valence electrons. The van der Waals surface area contributed by atoms with Gasteiger partial charge >= 0.3 is 0 Å². The van der Waals surface area contributed by atoms with Crippen LogP contribution in [0.4, 0.5) is 4.39 Å². The molecule has 38 heavy (non-hydrogen) atoms. The number of nitrogens with zero attached hydrogens (tertiary/aromatic N) is 3. The van der Waals surface area contributed by atoms with Crippen molar-refractivity contribution in [1.29, 1.82) is 0 Å². The normalized spacial score (nSPS) is 14.7. The van der Waals surface area contributed by atoms with E-state index in [9.17, 15) is 14.0 Å². The predicted molar refractivity (Wildman–Crippen MR) is 141 cm³/mol. The largest absolute Gasteiger partial charge is 0.486 e. The number of aromatic nitrogens is 1. The summed E-state index contributed by atoms with van der Waals surface area (Å²) in [5.41, 5.74) is 3.32. The van der Waals surface area contributed by atoms with Crippen molar-refractivity contribution in [1.82, 2.24) is 14.8 Å². The molecule has 1 aliphatic heterocycles. The van der Waals surface area contributed by atoms with Crippen LogP contribution in [-0.2, 0) is 24.4 Å². The summed E-state index contributed by atoms with van der Waals surface area (Å²) in [5.74, 6) is 0.877. The zero-order chi connectivity index (χ0) is 26.6. The lowest BCUT2D eigenvalue weighted by Gasteiger charge is -2.38. The summed E-state index contributed by atoms with van der Waals surface area (Å²) in [4.78, 5) is 33.4. The first-order valence-corrected chi connectivity index (χ1v) is 13.3. The van der Waals surface area contributed by atoms with Crippen LogP contribution in [0.1, 0.15) is 57.3 Å². The van der Waals surface area contributed by atoms with Gasteiger partial charge in [-0.3, -0.25) is 9.59 Å². The Labute approximate surface area is 224 Å². The molecule has 7 nitrogen and oxygen atoms in total. The fourth-order valence-electron chi connectivity index (χ4n) is 4.68. The molecule has 0 N–H and O–H groups in total. The topological polar surface area (TPSA) is 75.9 Å². The maximum Gasteiger partial charge on any atom is 0.273 e. The van der Waals surface area contributed by atoms with E-state index in [4.69, 9.17) is 9.15 Å². The Bertz CT molecular complexity index is 1420. The molecule has 2 aromatic carbocycles. The molecule has 1 aliphatic rings. The van der Waals surface area contributed by atoms with Crippen molar-refractivity contribution in [2.45, 2.75) is 39.0 Å². The van der Waals surface area contributed by atoms with Crippen molar-refractivity contribution in [3.63, 3.8) is 0 Å². The lowest BCUT2D eigenvalue weighted by Crippen LogP contribution is -2.40.